The van der Waals surface area contributed by atoms with E-state index in [-0.39, 0.29) is 6.10 Å². The van der Waals surface area contributed by atoms with Gasteiger partial charge in [0.2, 0.25) is 6.79 Å². The van der Waals surface area contributed by atoms with Gasteiger partial charge in [-0.05, 0) is 37.0 Å². The first kappa shape index (κ1) is 17.8. The Balaban J connectivity index is 1.28. The van der Waals surface area contributed by atoms with E-state index in [0.717, 1.165) is 69.6 Å². The van der Waals surface area contributed by atoms with Crippen molar-refractivity contribution in [3.63, 3.8) is 0 Å². The quantitative estimate of drug-likeness (QED) is 0.419. The van der Waals surface area contributed by atoms with Crippen LogP contribution in [0.1, 0.15) is 18.4 Å². The molecule has 0 aliphatic carbocycles. The van der Waals surface area contributed by atoms with Crippen molar-refractivity contribution in [1.82, 2.24) is 10.6 Å². The van der Waals surface area contributed by atoms with Crippen molar-refractivity contribution in [1.29, 1.82) is 0 Å². The summed E-state index contributed by atoms with van der Waals surface area (Å²) in [6.45, 7) is 4.24. The Kier molecular flexibility index (Phi) is 6.76. The van der Waals surface area contributed by atoms with E-state index < -0.39 is 0 Å². The highest BCUT2D eigenvalue weighted by Crippen LogP contribution is 2.32. The van der Waals surface area contributed by atoms with Crippen molar-refractivity contribution in [2.75, 3.05) is 46.8 Å². The number of hydrogen-bond donors (Lipinski definition) is 2. The third-order valence-corrected chi connectivity index (χ3v) is 4.22. The molecule has 1 aromatic carbocycles. The van der Waals surface area contributed by atoms with E-state index in [2.05, 4.69) is 21.7 Å². The fourth-order valence-corrected chi connectivity index (χ4v) is 2.82. The van der Waals surface area contributed by atoms with Crippen LogP contribution in [0, 0.1) is 0 Å². The monoisotopic (exact) mass is 349 g/mol. The molecule has 2 N–H and O–H groups in total. The molecule has 0 amide bonds. The summed E-state index contributed by atoms with van der Waals surface area (Å²) in [6, 6.07) is 6.06. The van der Waals surface area contributed by atoms with Gasteiger partial charge in [0.25, 0.3) is 0 Å². The number of ether oxygens (including phenoxy) is 4. The Hall–Kier alpha value is -1.99. The van der Waals surface area contributed by atoms with Gasteiger partial charge in [-0.15, -0.1) is 0 Å². The molecule has 3 rings (SSSR count). The van der Waals surface area contributed by atoms with E-state index in [0.29, 0.717) is 6.79 Å². The number of hydrogen-bond acceptors (Lipinski definition) is 5. The predicted octanol–water partition coefficient (Wildman–Crippen LogP) is 1.32. The third-order valence-electron chi connectivity index (χ3n) is 4.22. The molecule has 1 unspecified atom stereocenters. The van der Waals surface area contributed by atoms with E-state index >= 15 is 0 Å². The highest BCUT2D eigenvalue weighted by atomic mass is 16.7. The smallest absolute Gasteiger partial charge is 0.231 e. The van der Waals surface area contributed by atoms with Crippen LogP contribution in [0.25, 0.3) is 0 Å². The van der Waals surface area contributed by atoms with Gasteiger partial charge in [0.15, 0.2) is 17.5 Å². The van der Waals surface area contributed by atoms with Crippen LogP contribution in [-0.2, 0) is 15.9 Å². The highest BCUT2D eigenvalue weighted by molar-refractivity contribution is 5.79. The van der Waals surface area contributed by atoms with E-state index in [4.69, 9.17) is 18.9 Å². The second-order valence-corrected chi connectivity index (χ2v) is 6.07. The van der Waals surface area contributed by atoms with Gasteiger partial charge in [-0.1, -0.05) is 6.07 Å². The molecule has 0 saturated carbocycles. The Morgan fingerprint density at radius 3 is 2.96 bits per heavy atom. The summed E-state index contributed by atoms with van der Waals surface area (Å²) in [5.74, 6) is 2.46. The standard InChI is InChI=1S/C18H27N3O4/c1-19-18(20-7-2-9-23-15-6-10-22-12-15)21-8-5-14-3-4-16-17(11-14)25-13-24-16/h3-4,11,15H,2,5-10,12-13H2,1H3,(H2,19,20,21). The summed E-state index contributed by atoms with van der Waals surface area (Å²) < 4.78 is 21.8. The average Bonchev–Trinajstić information content (AvgIpc) is 3.31. The fourth-order valence-electron chi connectivity index (χ4n) is 2.82. The van der Waals surface area contributed by atoms with Crippen LogP contribution >= 0.6 is 0 Å². The third kappa shape index (κ3) is 5.51. The normalized spacial score (nSPS) is 19.2. The SMILES string of the molecule is CN=C(NCCCOC1CCOC1)NCCc1ccc2c(c1)OCO2. The molecule has 1 atom stereocenters. The largest absolute Gasteiger partial charge is 0.454 e. The molecule has 7 heteroatoms. The molecule has 7 nitrogen and oxygen atoms in total. The number of guanidine groups is 1. The maximum atomic E-state index is 5.75. The number of rotatable bonds is 8. The van der Waals surface area contributed by atoms with Crippen molar-refractivity contribution in [3.8, 4) is 11.5 Å². The lowest BCUT2D eigenvalue weighted by Gasteiger charge is -2.13. The molecule has 1 aromatic rings. The number of fused-ring (bicyclic) bond motifs is 1. The fraction of sp³-hybridized carbons (Fsp3) is 0.611. The lowest BCUT2D eigenvalue weighted by molar-refractivity contribution is 0.0420. The van der Waals surface area contributed by atoms with Crippen molar-refractivity contribution in [2.24, 2.45) is 4.99 Å². The summed E-state index contributed by atoms with van der Waals surface area (Å²) in [6.07, 6.45) is 3.12. The van der Waals surface area contributed by atoms with Crippen molar-refractivity contribution in [3.05, 3.63) is 23.8 Å². The maximum Gasteiger partial charge on any atom is 0.231 e. The van der Waals surface area contributed by atoms with Gasteiger partial charge in [0.05, 0.1) is 12.7 Å². The predicted molar refractivity (Wildman–Crippen MR) is 95.4 cm³/mol. The van der Waals surface area contributed by atoms with E-state index in [9.17, 15) is 0 Å². The molecule has 0 spiro atoms. The van der Waals surface area contributed by atoms with Crippen LogP contribution in [0.3, 0.4) is 0 Å². The summed E-state index contributed by atoms with van der Waals surface area (Å²) >= 11 is 0. The van der Waals surface area contributed by atoms with E-state index in [1.807, 2.05) is 12.1 Å². The lowest BCUT2D eigenvalue weighted by atomic mass is 10.1. The van der Waals surface area contributed by atoms with Crippen LogP contribution < -0.4 is 20.1 Å². The topological polar surface area (TPSA) is 73.3 Å². The molecule has 0 bridgehead atoms. The zero-order valence-corrected chi connectivity index (χ0v) is 14.8. The molecule has 0 aromatic heterocycles. The first-order chi connectivity index (χ1) is 12.3. The zero-order valence-electron chi connectivity index (χ0n) is 14.8. The molecule has 2 heterocycles. The number of benzene rings is 1. The van der Waals surface area contributed by atoms with Gasteiger partial charge >= 0.3 is 0 Å². The molecule has 2 aliphatic rings. The van der Waals surface area contributed by atoms with Crippen LogP contribution in [0.4, 0.5) is 0 Å². The first-order valence-corrected chi connectivity index (χ1v) is 8.87. The molecule has 2 aliphatic heterocycles. The average molecular weight is 349 g/mol. The molecular formula is C18H27N3O4. The van der Waals surface area contributed by atoms with Gasteiger partial charge in [0.1, 0.15) is 0 Å². The van der Waals surface area contributed by atoms with Crippen LogP contribution in [-0.4, -0.2) is 58.8 Å². The zero-order chi connectivity index (χ0) is 17.3. The second-order valence-electron chi connectivity index (χ2n) is 6.07. The summed E-state index contributed by atoms with van der Waals surface area (Å²) in [5.41, 5.74) is 1.21. The minimum absolute atomic E-state index is 0.277. The molecule has 25 heavy (non-hydrogen) atoms. The van der Waals surface area contributed by atoms with Gasteiger partial charge in [-0.25, -0.2) is 0 Å². The van der Waals surface area contributed by atoms with Crippen LogP contribution in [0.15, 0.2) is 23.2 Å². The summed E-state index contributed by atoms with van der Waals surface area (Å²) in [4.78, 5) is 4.24. The minimum Gasteiger partial charge on any atom is -0.454 e. The molecule has 1 saturated heterocycles. The Morgan fingerprint density at radius 1 is 1.24 bits per heavy atom. The number of aliphatic imine (C=N–C) groups is 1. The summed E-state index contributed by atoms with van der Waals surface area (Å²) in [5, 5.41) is 6.63. The van der Waals surface area contributed by atoms with Gasteiger partial charge in [0, 0.05) is 33.4 Å². The Bertz CT molecular complexity index is 573. The summed E-state index contributed by atoms with van der Waals surface area (Å²) in [7, 11) is 1.78. The van der Waals surface area contributed by atoms with Crippen molar-refractivity contribution >= 4 is 5.96 Å². The van der Waals surface area contributed by atoms with Crippen molar-refractivity contribution in [2.45, 2.75) is 25.4 Å². The Labute approximate surface area is 148 Å². The lowest BCUT2D eigenvalue weighted by Crippen LogP contribution is -2.39. The molecular weight excluding hydrogens is 322 g/mol. The van der Waals surface area contributed by atoms with Crippen molar-refractivity contribution < 1.29 is 18.9 Å². The maximum absolute atomic E-state index is 5.75. The highest BCUT2D eigenvalue weighted by Gasteiger charge is 2.15. The minimum atomic E-state index is 0.277. The first-order valence-electron chi connectivity index (χ1n) is 8.87. The second kappa shape index (κ2) is 9.48. The Morgan fingerprint density at radius 2 is 2.12 bits per heavy atom. The van der Waals surface area contributed by atoms with E-state index in [1.165, 1.54) is 5.56 Å². The van der Waals surface area contributed by atoms with Gasteiger partial charge in [-0.3, -0.25) is 4.99 Å². The molecule has 138 valence electrons. The number of nitrogens with one attached hydrogen (secondary N) is 2. The van der Waals surface area contributed by atoms with E-state index in [1.54, 1.807) is 7.05 Å². The molecule has 0 radical (unpaired) electrons. The van der Waals surface area contributed by atoms with Gasteiger partial charge < -0.3 is 29.6 Å². The van der Waals surface area contributed by atoms with Crippen LogP contribution in [0.2, 0.25) is 0 Å². The van der Waals surface area contributed by atoms with Crippen LogP contribution in [0.5, 0.6) is 11.5 Å². The molecule has 1 fully saturated rings. The van der Waals surface area contributed by atoms with Gasteiger partial charge in [-0.2, -0.15) is 0 Å². The number of nitrogens with zero attached hydrogens (tertiary/aromatic N) is 1.